The van der Waals surface area contributed by atoms with Crippen molar-refractivity contribution in [2.45, 2.75) is 19.4 Å². The molecule has 7 heteroatoms. The number of hydrogen-bond acceptors (Lipinski definition) is 5. The van der Waals surface area contributed by atoms with Gasteiger partial charge in [0.1, 0.15) is 17.5 Å². The van der Waals surface area contributed by atoms with E-state index in [1.165, 1.54) is 0 Å². The van der Waals surface area contributed by atoms with Crippen LogP contribution in [0.3, 0.4) is 0 Å². The number of carbonyl (C=O) groups is 1. The fourth-order valence-corrected chi connectivity index (χ4v) is 3.06. The highest BCUT2D eigenvalue weighted by Gasteiger charge is 2.26. The van der Waals surface area contributed by atoms with Crippen molar-refractivity contribution >= 4 is 5.91 Å². The molecule has 1 aromatic carbocycles. The second-order valence-electron chi connectivity index (χ2n) is 6.33. The van der Waals surface area contributed by atoms with Gasteiger partial charge in [0.25, 0.3) is 5.91 Å². The second-order valence-corrected chi connectivity index (χ2v) is 6.33. The summed E-state index contributed by atoms with van der Waals surface area (Å²) in [6.45, 7) is 2.33. The molecule has 0 spiro atoms. The van der Waals surface area contributed by atoms with E-state index in [2.05, 4.69) is 20.4 Å². The molecule has 1 aliphatic rings. The largest absolute Gasteiger partial charge is 0.487 e. The lowest BCUT2D eigenvalue weighted by molar-refractivity contribution is 0.0928. The first-order valence-electron chi connectivity index (χ1n) is 8.45. The number of aromatic nitrogens is 4. The van der Waals surface area contributed by atoms with Gasteiger partial charge in [0.15, 0.2) is 0 Å². The van der Waals surface area contributed by atoms with Crippen molar-refractivity contribution in [1.29, 1.82) is 0 Å². The number of nitrogens with zero attached hydrogens (tertiary/aromatic N) is 4. The molecule has 26 heavy (non-hydrogen) atoms. The molecule has 7 nitrogen and oxygen atoms in total. The highest BCUT2D eigenvalue weighted by atomic mass is 16.5. The normalized spacial score (nSPS) is 15.4. The average Bonchev–Trinajstić information content (AvgIpc) is 3.23. The van der Waals surface area contributed by atoms with E-state index in [-0.39, 0.29) is 12.0 Å². The number of amides is 1. The van der Waals surface area contributed by atoms with Gasteiger partial charge >= 0.3 is 0 Å². The number of ether oxygens (including phenoxy) is 1. The third-order valence-corrected chi connectivity index (χ3v) is 4.50. The van der Waals surface area contributed by atoms with E-state index < -0.39 is 0 Å². The molecule has 3 aromatic rings. The minimum Gasteiger partial charge on any atom is -0.487 e. The summed E-state index contributed by atoms with van der Waals surface area (Å²) in [6, 6.07) is 7.77. The maximum absolute atomic E-state index is 12.3. The summed E-state index contributed by atoms with van der Waals surface area (Å²) in [7, 11) is 1.82. The van der Waals surface area contributed by atoms with E-state index in [4.69, 9.17) is 4.74 Å². The number of rotatable bonds is 4. The fraction of sp³-hybridized carbons (Fsp3) is 0.263. The Hall–Kier alpha value is -3.22. The zero-order valence-corrected chi connectivity index (χ0v) is 14.6. The Morgan fingerprint density at radius 3 is 3.00 bits per heavy atom. The van der Waals surface area contributed by atoms with Gasteiger partial charge in [-0.2, -0.15) is 5.10 Å². The molecular formula is C19H19N5O2. The van der Waals surface area contributed by atoms with E-state index >= 15 is 0 Å². The number of hydrogen-bond donors (Lipinski definition) is 1. The number of benzene rings is 1. The molecule has 3 heterocycles. The molecule has 1 N–H and O–H groups in total. The van der Waals surface area contributed by atoms with E-state index in [9.17, 15) is 4.79 Å². The molecular weight excluding hydrogens is 330 g/mol. The van der Waals surface area contributed by atoms with Crippen molar-refractivity contribution in [3.63, 3.8) is 0 Å². The van der Waals surface area contributed by atoms with Crippen molar-refractivity contribution in [2.75, 3.05) is 6.54 Å². The lowest BCUT2D eigenvalue weighted by Gasteiger charge is -2.12. The number of para-hydroxylation sites is 1. The summed E-state index contributed by atoms with van der Waals surface area (Å²) in [6.07, 6.45) is 5.65. The summed E-state index contributed by atoms with van der Waals surface area (Å²) in [5.74, 6) is 0.628. The highest BCUT2D eigenvalue weighted by Crippen LogP contribution is 2.37. The molecule has 0 saturated heterocycles. The summed E-state index contributed by atoms with van der Waals surface area (Å²) < 4.78 is 7.78. The molecule has 1 atom stereocenters. The Bertz CT molecular complexity index is 932. The molecule has 1 aliphatic heterocycles. The number of carbonyl (C=O) groups excluding carboxylic acids is 1. The third-order valence-electron chi connectivity index (χ3n) is 4.50. The van der Waals surface area contributed by atoms with Crippen LogP contribution in [0, 0.1) is 6.92 Å². The Morgan fingerprint density at radius 1 is 1.38 bits per heavy atom. The summed E-state index contributed by atoms with van der Waals surface area (Å²) in [4.78, 5) is 20.7. The van der Waals surface area contributed by atoms with Crippen LogP contribution in [0.15, 0.2) is 42.9 Å². The summed E-state index contributed by atoms with van der Waals surface area (Å²) in [5.41, 5.74) is 4.16. The van der Waals surface area contributed by atoms with Gasteiger partial charge in [-0.1, -0.05) is 12.1 Å². The van der Waals surface area contributed by atoms with Gasteiger partial charge in [-0.15, -0.1) is 0 Å². The van der Waals surface area contributed by atoms with Crippen LogP contribution in [0.25, 0.3) is 11.3 Å². The smallest absolute Gasteiger partial charge is 0.271 e. The summed E-state index contributed by atoms with van der Waals surface area (Å²) >= 11 is 0. The van der Waals surface area contributed by atoms with Crippen LogP contribution in [0.2, 0.25) is 0 Å². The van der Waals surface area contributed by atoms with Crippen molar-refractivity contribution in [1.82, 2.24) is 25.1 Å². The van der Waals surface area contributed by atoms with Crippen LogP contribution in [-0.4, -0.2) is 38.3 Å². The third kappa shape index (κ3) is 3.03. The number of nitrogens with one attached hydrogen (secondary N) is 1. The fourth-order valence-electron chi connectivity index (χ4n) is 3.06. The van der Waals surface area contributed by atoms with E-state index in [0.29, 0.717) is 12.2 Å². The topological polar surface area (TPSA) is 81.9 Å². The molecule has 0 aliphatic carbocycles. The van der Waals surface area contributed by atoms with Crippen LogP contribution in [-0.2, 0) is 13.5 Å². The molecule has 1 amide bonds. The Labute approximate surface area is 151 Å². The Balaban J connectivity index is 1.45. The van der Waals surface area contributed by atoms with Crippen LogP contribution < -0.4 is 10.1 Å². The zero-order valence-electron chi connectivity index (χ0n) is 14.6. The second kappa shape index (κ2) is 6.59. The lowest BCUT2D eigenvalue weighted by Crippen LogP contribution is -2.34. The molecule has 0 radical (unpaired) electrons. The van der Waals surface area contributed by atoms with Gasteiger partial charge < -0.3 is 10.1 Å². The first kappa shape index (κ1) is 16.3. The highest BCUT2D eigenvalue weighted by molar-refractivity contribution is 5.92. The van der Waals surface area contributed by atoms with Gasteiger partial charge in [0, 0.05) is 37.1 Å². The van der Waals surface area contributed by atoms with Crippen LogP contribution in [0.4, 0.5) is 0 Å². The molecule has 0 bridgehead atoms. The number of aryl methyl sites for hydroxylation is 2. The standard InChI is InChI=1S/C19H19N5O2/c1-12-8-16(23-24(12)2)19(25)22-10-14-9-13-4-3-5-15(18(13)26-14)17-11-20-6-7-21-17/h3-8,11,14H,9-10H2,1-2H3,(H,22,25)/t14-/m0/s1. The number of fused-ring (bicyclic) bond motifs is 1. The summed E-state index contributed by atoms with van der Waals surface area (Å²) in [5, 5.41) is 7.11. The van der Waals surface area contributed by atoms with Crippen molar-refractivity contribution in [2.24, 2.45) is 7.05 Å². The monoisotopic (exact) mass is 349 g/mol. The zero-order chi connectivity index (χ0) is 18.1. The molecule has 132 valence electrons. The minimum absolute atomic E-state index is 0.114. The lowest BCUT2D eigenvalue weighted by atomic mass is 10.0. The quantitative estimate of drug-likeness (QED) is 0.778. The molecule has 4 rings (SSSR count). The van der Waals surface area contributed by atoms with Crippen molar-refractivity contribution in [3.05, 3.63) is 59.8 Å². The predicted octanol–water partition coefficient (Wildman–Crippen LogP) is 1.92. The van der Waals surface area contributed by atoms with E-state index in [1.54, 1.807) is 29.3 Å². The van der Waals surface area contributed by atoms with Crippen LogP contribution in [0.1, 0.15) is 21.7 Å². The van der Waals surface area contributed by atoms with Gasteiger partial charge in [0.2, 0.25) is 0 Å². The molecule has 0 fully saturated rings. The van der Waals surface area contributed by atoms with Gasteiger partial charge in [-0.05, 0) is 24.6 Å². The molecule has 0 saturated carbocycles. The van der Waals surface area contributed by atoms with Gasteiger partial charge in [0.05, 0.1) is 18.4 Å². The van der Waals surface area contributed by atoms with E-state index in [0.717, 1.165) is 34.7 Å². The van der Waals surface area contributed by atoms with Crippen molar-refractivity contribution < 1.29 is 9.53 Å². The molecule has 2 aromatic heterocycles. The average molecular weight is 349 g/mol. The Kier molecular flexibility index (Phi) is 4.12. The Morgan fingerprint density at radius 2 is 2.27 bits per heavy atom. The first-order chi connectivity index (χ1) is 12.6. The maximum atomic E-state index is 12.3. The van der Waals surface area contributed by atoms with E-state index in [1.807, 2.05) is 32.2 Å². The maximum Gasteiger partial charge on any atom is 0.271 e. The minimum atomic E-state index is -0.192. The SMILES string of the molecule is Cc1cc(C(=O)NC[C@@H]2Cc3cccc(-c4cnccn4)c3O2)nn1C. The molecule has 0 unspecified atom stereocenters. The van der Waals surface area contributed by atoms with Crippen LogP contribution >= 0.6 is 0 Å². The van der Waals surface area contributed by atoms with Gasteiger partial charge in [-0.3, -0.25) is 19.4 Å². The van der Waals surface area contributed by atoms with Crippen LogP contribution in [0.5, 0.6) is 5.75 Å². The predicted molar refractivity (Wildman–Crippen MR) is 95.9 cm³/mol. The van der Waals surface area contributed by atoms with Gasteiger partial charge in [-0.25, -0.2) is 0 Å². The van der Waals surface area contributed by atoms with Crippen molar-refractivity contribution in [3.8, 4) is 17.0 Å². The first-order valence-corrected chi connectivity index (χ1v) is 8.45.